The molecule has 12 heteroatoms. The van der Waals surface area contributed by atoms with Crippen LogP contribution in [-0.4, -0.2) is 24.4 Å². The Labute approximate surface area is 91.7 Å². The third-order valence-corrected chi connectivity index (χ3v) is 1.31. The van der Waals surface area contributed by atoms with E-state index in [-0.39, 0.29) is 0 Å². The van der Waals surface area contributed by atoms with Crippen molar-refractivity contribution < 1.29 is 54.1 Å². The zero-order valence-corrected chi connectivity index (χ0v) is 7.70. The molecule has 3 nitrogen and oxygen atoms in total. The van der Waals surface area contributed by atoms with Crippen molar-refractivity contribution >= 4 is 5.97 Å². The summed E-state index contributed by atoms with van der Waals surface area (Å²) >= 11 is 0. The smallest absolute Gasteiger partial charge is 0.414 e. The molecule has 0 aromatic rings. The van der Waals surface area contributed by atoms with E-state index in [1.807, 2.05) is 4.94 Å². The third kappa shape index (κ3) is 3.20. The van der Waals surface area contributed by atoms with Gasteiger partial charge in [-0.05, 0) is 0 Å². The molecule has 0 saturated carbocycles. The average molecular weight is 292 g/mol. The molecule has 1 atom stereocenters. The maximum Gasteiger partial charge on any atom is 0.472 e. The van der Waals surface area contributed by atoms with Gasteiger partial charge in [0.25, 0.3) is 6.43 Å². The molecule has 18 heavy (non-hydrogen) atoms. The molecule has 0 fully saturated rings. The first kappa shape index (κ1) is 16.4. The van der Waals surface area contributed by atoms with Gasteiger partial charge in [-0.1, -0.05) is 0 Å². The molecule has 0 aromatic heterocycles. The van der Waals surface area contributed by atoms with Crippen molar-refractivity contribution in [3.63, 3.8) is 0 Å². The highest BCUT2D eigenvalue weighted by atomic mass is 19.4. The number of hydrogen-bond donors (Lipinski definition) is 0. The molecule has 106 valence electrons. The zero-order chi connectivity index (χ0) is 14.7. The molecule has 0 amide bonds. The number of halogens is 9. The van der Waals surface area contributed by atoms with Gasteiger partial charge in [0.05, 0.1) is 0 Å². The van der Waals surface area contributed by atoms with Crippen molar-refractivity contribution in [1.82, 2.24) is 0 Å². The second kappa shape index (κ2) is 5.35. The van der Waals surface area contributed by atoms with Crippen molar-refractivity contribution in [2.75, 3.05) is 0 Å². The van der Waals surface area contributed by atoms with Crippen LogP contribution >= 0.6 is 0 Å². The Kier molecular flexibility index (Phi) is 4.87. The molecule has 0 N–H and O–H groups in total. The number of allylic oxidation sites excluding steroid dienone is 1. The summed E-state index contributed by atoms with van der Waals surface area (Å²) in [6.45, 7) is 0. The fourth-order valence-corrected chi connectivity index (χ4v) is 0.523. The summed E-state index contributed by atoms with van der Waals surface area (Å²) in [5.74, 6) is -12.5. The van der Waals surface area contributed by atoms with E-state index in [9.17, 15) is 44.4 Å². The summed E-state index contributed by atoms with van der Waals surface area (Å²) in [7, 11) is 0. The molecule has 0 radical (unpaired) electrons. The molecule has 0 rings (SSSR count). The highest BCUT2D eigenvalue weighted by Gasteiger charge is 2.68. The Morgan fingerprint density at radius 2 is 1.50 bits per heavy atom. The molecule has 0 heterocycles. The van der Waals surface area contributed by atoms with Crippen molar-refractivity contribution in [3.8, 4) is 0 Å². The van der Waals surface area contributed by atoms with Gasteiger partial charge in [0, 0.05) is 4.53 Å². The van der Waals surface area contributed by atoms with Crippen LogP contribution < -0.4 is 0 Å². The van der Waals surface area contributed by atoms with Crippen LogP contribution in [0.3, 0.4) is 0 Å². The van der Waals surface area contributed by atoms with Gasteiger partial charge in [-0.2, -0.15) is 26.3 Å². The summed E-state index contributed by atoms with van der Waals surface area (Å²) in [5, 5.41) is 0. The second-order valence-corrected chi connectivity index (χ2v) is 2.48. The predicted octanol–water partition coefficient (Wildman–Crippen LogP) is 3.03. The third-order valence-electron chi connectivity index (χ3n) is 1.31. The number of hydrogen-bond acceptors (Lipinski definition) is 3. The van der Waals surface area contributed by atoms with E-state index in [0.717, 1.165) is 0 Å². The van der Waals surface area contributed by atoms with Gasteiger partial charge in [0.2, 0.25) is 5.83 Å². The van der Waals surface area contributed by atoms with E-state index in [1.54, 1.807) is 0 Å². The van der Waals surface area contributed by atoms with E-state index in [1.165, 1.54) is 0 Å². The Bertz CT molecular complexity index is 349. The van der Waals surface area contributed by atoms with Crippen molar-refractivity contribution in [2.24, 2.45) is 0 Å². The summed E-state index contributed by atoms with van der Waals surface area (Å²) in [5.41, 5.74) is 0. The molecule has 0 aliphatic carbocycles. The number of alkyl halides is 6. The lowest BCUT2D eigenvalue weighted by molar-refractivity contribution is -0.329. The Balaban J connectivity index is 5.43. The molecular formula is C6HF9O3. The molecular weight excluding hydrogens is 291 g/mol. The summed E-state index contributed by atoms with van der Waals surface area (Å²) < 4.78 is 109. The van der Waals surface area contributed by atoms with Crippen LogP contribution in [0.15, 0.2) is 11.8 Å². The van der Waals surface area contributed by atoms with E-state index in [4.69, 9.17) is 0 Å². The van der Waals surface area contributed by atoms with E-state index in [2.05, 4.69) is 4.74 Å². The minimum absolute atomic E-state index is 1.82. The predicted molar refractivity (Wildman–Crippen MR) is 33.4 cm³/mol. The lowest BCUT2D eigenvalue weighted by Gasteiger charge is -2.23. The van der Waals surface area contributed by atoms with Gasteiger partial charge in [-0.25, -0.2) is 18.5 Å². The minimum Gasteiger partial charge on any atom is -0.414 e. The first-order valence-electron chi connectivity index (χ1n) is 3.58. The van der Waals surface area contributed by atoms with E-state index >= 15 is 0 Å². The zero-order valence-electron chi connectivity index (χ0n) is 7.70. The van der Waals surface area contributed by atoms with Crippen LogP contribution in [0, 0.1) is 0 Å². The second-order valence-electron chi connectivity index (χ2n) is 2.48. The largest absolute Gasteiger partial charge is 0.472 e. The quantitative estimate of drug-likeness (QED) is 0.590. The Hall–Kier alpha value is -1.62. The van der Waals surface area contributed by atoms with Crippen molar-refractivity contribution in [2.45, 2.75) is 18.5 Å². The van der Waals surface area contributed by atoms with Crippen LogP contribution in [0.1, 0.15) is 0 Å². The SMILES string of the molecule is O=C(OF)C(F)(O/C(F)=C(\F)C(F)F)C(F)(F)F. The number of carbonyl (C=O) groups excluding carboxylic acids is 1. The van der Waals surface area contributed by atoms with Crippen molar-refractivity contribution in [3.05, 3.63) is 11.8 Å². The number of carbonyl (C=O) groups is 1. The molecule has 0 aromatic carbocycles. The first-order valence-corrected chi connectivity index (χ1v) is 3.58. The van der Waals surface area contributed by atoms with Crippen LogP contribution in [0.4, 0.5) is 39.6 Å². The average Bonchev–Trinajstić information content (AvgIpc) is 2.24. The normalized spacial score (nSPS) is 17.0. The minimum atomic E-state index is -6.41. The maximum absolute atomic E-state index is 12.8. The monoisotopic (exact) mass is 292 g/mol. The van der Waals surface area contributed by atoms with Crippen molar-refractivity contribution in [1.29, 1.82) is 0 Å². The van der Waals surface area contributed by atoms with Crippen LogP contribution in [0.2, 0.25) is 0 Å². The first-order chi connectivity index (χ1) is 7.97. The summed E-state index contributed by atoms with van der Waals surface area (Å²) in [4.78, 5) is 11.9. The molecule has 0 bridgehead atoms. The Morgan fingerprint density at radius 3 is 1.78 bits per heavy atom. The molecule has 1 unspecified atom stereocenters. The molecule has 0 aliphatic heterocycles. The summed E-state index contributed by atoms with van der Waals surface area (Å²) in [6.07, 6.45) is -10.7. The van der Waals surface area contributed by atoms with E-state index < -0.39 is 36.3 Å². The fourth-order valence-electron chi connectivity index (χ4n) is 0.523. The lowest BCUT2D eigenvalue weighted by Crippen LogP contribution is -2.50. The lowest BCUT2D eigenvalue weighted by atomic mass is 10.3. The maximum atomic E-state index is 12.8. The highest BCUT2D eigenvalue weighted by Crippen LogP contribution is 2.39. The highest BCUT2D eigenvalue weighted by molar-refractivity contribution is 5.78. The van der Waals surface area contributed by atoms with Crippen LogP contribution in [0.5, 0.6) is 0 Å². The fraction of sp³-hybridized carbons (Fsp3) is 0.500. The van der Waals surface area contributed by atoms with Gasteiger partial charge in [0.15, 0.2) is 0 Å². The topological polar surface area (TPSA) is 35.5 Å². The standard InChI is InChI=1S/C6HF9O3/c7-1(2(8)9)3(10)17-5(11,4(16)18-15)6(12,13)14/h2H/b3-1-. The van der Waals surface area contributed by atoms with Gasteiger partial charge < -0.3 is 4.74 Å². The molecule has 0 saturated heterocycles. The molecule has 0 spiro atoms. The van der Waals surface area contributed by atoms with Crippen LogP contribution in [0.25, 0.3) is 0 Å². The van der Waals surface area contributed by atoms with Crippen LogP contribution in [-0.2, 0) is 14.5 Å². The number of rotatable bonds is 4. The number of ether oxygens (including phenoxy) is 1. The van der Waals surface area contributed by atoms with E-state index in [0.29, 0.717) is 0 Å². The van der Waals surface area contributed by atoms with Gasteiger partial charge in [-0.3, -0.25) is 0 Å². The Morgan fingerprint density at radius 1 is 1.06 bits per heavy atom. The molecule has 0 aliphatic rings. The van der Waals surface area contributed by atoms with Gasteiger partial charge in [0.1, 0.15) is 0 Å². The van der Waals surface area contributed by atoms with Gasteiger partial charge >= 0.3 is 24.0 Å². The summed E-state index contributed by atoms with van der Waals surface area (Å²) in [6, 6.07) is -3.38. The van der Waals surface area contributed by atoms with Gasteiger partial charge in [-0.15, -0.1) is 0 Å².